The summed E-state index contributed by atoms with van der Waals surface area (Å²) in [5.41, 5.74) is 0. The quantitative estimate of drug-likeness (QED) is 0.791. The summed E-state index contributed by atoms with van der Waals surface area (Å²) in [5.74, 6) is 0.689. The summed E-state index contributed by atoms with van der Waals surface area (Å²) < 4.78 is 37.4. The number of ether oxygens (including phenoxy) is 2. The molecule has 9 heteroatoms. The average molecular weight is 355 g/mol. The first-order valence-electron chi connectivity index (χ1n) is 7.89. The fraction of sp³-hybridized carbons (Fsp3) is 0.533. The van der Waals surface area contributed by atoms with E-state index >= 15 is 0 Å². The molecule has 2 aliphatic heterocycles. The Hall–Kier alpha value is -1.84. The number of nitrogens with one attached hydrogen (secondary N) is 1. The van der Waals surface area contributed by atoms with Gasteiger partial charge in [-0.15, -0.1) is 0 Å². The Morgan fingerprint density at radius 2 is 1.88 bits per heavy atom. The molecule has 0 unspecified atom stereocenters. The summed E-state index contributed by atoms with van der Waals surface area (Å²) in [5, 5.41) is 0. The van der Waals surface area contributed by atoms with E-state index in [0.29, 0.717) is 24.6 Å². The molecule has 8 nitrogen and oxygen atoms in total. The molecule has 1 amide bonds. The molecule has 1 N–H and O–H groups in total. The van der Waals surface area contributed by atoms with Gasteiger partial charge in [0.1, 0.15) is 0 Å². The van der Waals surface area contributed by atoms with Crippen LogP contribution in [0.25, 0.3) is 0 Å². The molecule has 2 heterocycles. The van der Waals surface area contributed by atoms with Crippen molar-refractivity contribution < 1.29 is 22.7 Å². The van der Waals surface area contributed by atoms with Gasteiger partial charge in [0.2, 0.25) is 22.7 Å². The molecule has 0 aliphatic carbocycles. The van der Waals surface area contributed by atoms with Crippen molar-refractivity contribution in [3.8, 4) is 11.5 Å². The van der Waals surface area contributed by atoms with Crippen LogP contribution in [0, 0.1) is 0 Å². The predicted octanol–water partition coefficient (Wildman–Crippen LogP) is -0.142. The van der Waals surface area contributed by atoms with E-state index in [-0.39, 0.29) is 24.1 Å². The first-order chi connectivity index (χ1) is 11.5. The molecule has 0 atom stereocenters. The minimum atomic E-state index is -3.77. The normalized spacial score (nSPS) is 18.0. The first kappa shape index (κ1) is 17.0. The summed E-state index contributed by atoms with van der Waals surface area (Å²) in [7, 11) is -3.77. The molecule has 0 saturated carbocycles. The van der Waals surface area contributed by atoms with Crippen molar-refractivity contribution in [3.63, 3.8) is 0 Å². The van der Waals surface area contributed by atoms with E-state index in [1.54, 1.807) is 11.0 Å². The Labute approximate surface area is 141 Å². The largest absolute Gasteiger partial charge is 0.454 e. The second kappa shape index (κ2) is 6.96. The molecule has 0 aromatic heterocycles. The molecule has 2 aliphatic rings. The van der Waals surface area contributed by atoms with Crippen molar-refractivity contribution >= 4 is 15.9 Å². The molecule has 1 aromatic carbocycles. The minimum absolute atomic E-state index is 0.0513. The van der Waals surface area contributed by atoms with Gasteiger partial charge in [-0.2, -0.15) is 0 Å². The number of fused-ring (bicyclic) bond motifs is 1. The first-order valence-corrected chi connectivity index (χ1v) is 9.37. The average Bonchev–Trinajstić information content (AvgIpc) is 3.07. The predicted molar refractivity (Wildman–Crippen MR) is 86.4 cm³/mol. The summed E-state index contributed by atoms with van der Waals surface area (Å²) in [6, 6.07) is 4.37. The van der Waals surface area contributed by atoms with Gasteiger partial charge in [0.25, 0.3) is 0 Å². The number of likely N-dealkylation sites (N-methyl/N-ethyl adjacent to an activating group) is 1. The Morgan fingerprint density at radius 3 is 2.58 bits per heavy atom. The molecule has 1 saturated heterocycles. The van der Waals surface area contributed by atoms with Crippen LogP contribution in [0.5, 0.6) is 11.5 Å². The zero-order valence-corrected chi connectivity index (χ0v) is 14.3. The van der Waals surface area contributed by atoms with Gasteiger partial charge in [0.15, 0.2) is 11.5 Å². The lowest BCUT2D eigenvalue weighted by atomic mass is 10.3. The molecule has 3 rings (SSSR count). The van der Waals surface area contributed by atoms with E-state index in [2.05, 4.69) is 16.5 Å². The third kappa shape index (κ3) is 3.63. The van der Waals surface area contributed by atoms with Crippen molar-refractivity contribution in [1.82, 2.24) is 14.5 Å². The Balaban J connectivity index is 1.58. The van der Waals surface area contributed by atoms with Crippen molar-refractivity contribution in [2.24, 2.45) is 0 Å². The molecule has 0 radical (unpaired) electrons. The van der Waals surface area contributed by atoms with E-state index in [1.165, 1.54) is 12.1 Å². The van der Waals surface area contributed by atoms with Gasteiger partial charge in [-0.1, -0.05) is 6.92 Å². The van der Waals surface area contributed by atoms with Gasteiger partial charge in [-0.05, 0) is 18.7 Å². The lowest BCUT2D eigenvalue weighted by molar-refractivity contribution is -0.131. The van der Waals surface area contributed by atoms with Crippen LogP contribution in [0.15, 0.2) is 23.1 Å². The van der Waals surface area contributed by atoms with Crippen LogP contribution in [-0.4, -0.2) is 70.2 Å². The highest BCUT2D eigenvalue weighted by molar-refractivity contribution is 7.89. The van der Waals surface area contributed by atoms with Crippen molar-refractivity contribution in [3.05, 3.63) is 18.2 Å². The van der Waals surface area contributed by atoms with Crippen LogP contribution in [0.2, 0.25) is 0 Å². The van der Waals surface area contributed by atoms with Crippen LogP contribution in [0.1, 0.15) is 6.92 Å². The fourth-order valence-electron chi connectivity index (χ4n) is 2.71. The lowest BCUT2D eigenvalue weighted by Crippen LogP contribution is -2.51. The zero-order valence-electron chi connectivity index (χ0n) is 13.5. The number of piperazine rings is 1. The number of sulfonamides is 1. The van der Waals surface area contributed by atoms with E-state index in [1.807, 2.05) is 0 Å². The molecule has 0 spiro atoms. The third-order valence-electron chi connectivity index (χ3n) is 4.24. The third-order valence-corrected chi connectivity index (χ3v) is 5.64. The number of carbonyl (C=O) groups excluding carboxylic acids is 1. The highest BCUT2D eigenvalue weighted by Crippen LogP contribution is 2.33. The topological polar surface area (TPSA) is 88.2 Å². The minimum Gasteiger partial charge on any atom is -0.454 e. The molecular weight excluding hydrogens is 334 g/mol. The Morgan fingerprint density at radius 1 is 1.17 bits per heavy atom. The monoisotopic (exact) mass is 355 g/mol. The van der Waals surface area contributed by atoms with Crippen LogP contribution < -0.4 is 14.2 Å². The molecule has 24 heavy (non-hydrogen) atoms. The number of benzene rings is 1. The number of nitrogens with zero attached hydrogens (tertiary/aromatic N) is 2. The molecular formula is C15H21N3O5S. The number of amides is 1. The van der Waals surface area contributed by atoms with E-state index in [4.69, 9.17) is 9.47 Å². The van der Waals surface area contributed by atoms with Crippen LogP contribution in [0.4, 0.5) is 0 Å². The highest BCUT2D eigenvalue weighted by Gasteiger charge is 2.24. The number of hydrogen-bond acceptors (Lipinski definition) is 6. The van der Waals surface area contributed by atoms with Gasteiger partial charge < -0.3 is 19.3 Å². The number of hydrogen-bond donors (Lipinski definition) is 1. The maximum absolute atomic E-state index is 12.3. The zero-order chi connectivity index (χ0) is 17.2. The fourth-order valence-corrected chi connectivity index (χ4v) is 3.70. The number of rotatable bonds is 5. The summed E-state index contributed by atoms with van der Waals surface area (Å²) >= 11 is 0. The van der Waals surface area contributed by atoms with E-state index in [0.717, 1.165) is 19.6 Å². The number of carbonyl (C=O) groups is 1. The summed E-state index contributed by atoms with van der Waals surface area (Å²) in [6.45, 7) is 5.75. The van der Waals surface area contributed by atoms with Gasteiger partial charge in [-0.25, -0.2) is 13.1 Å². The van der Waals surface area contributed by atoms with E-state index < -0.39 is 10.0 Å². The van der Waals surface area contributed by atoms with E-state index in [9.17, 15) is 13.2 Å². The SMILES string of the molecule is CCN1CCN(C(=O)CNS(=O)(=O)c2ccc3c(c2)OCO3)CC1. The van der Waals surface area contributed by atoms with Gasteiger partial charge >= 0.3 is 0 Å². The second-order valence-electron chi connectivity index (χ2n) is 5.65. The van der Waals surface area contributed by atoms with Gasteiger partial charge in [-0.3, -0.25) is 4.79 Å². The van der Waals surface area contributed by atoms with Crippen molar-refractivity contribution in [2.75, 3.05) is 46.1 Å². The second-order valence-corrected chi connectivity index (χ2v) is 7.42. The van der Waals surface area contributed by atoms with Crippen molar-refractivity contribution in [1.29, 1.82) is 0 Å². The Bertz CT molecular complexity index is 714. The van der Waals surface area contributed by atoms with Gasteiger partial charge in [0.05, 0.1) is 11.4 Å². The molecule has 1 fully saturated rings. The van der Waals surface area contributed by atoms with Crippen LogP contribution >= 0.6 is 0 Å². The lowest BCUT2D eigenvalue weighted by Gasteiger charge is -2.34. The molecule has 1 aromatic rings. The molecule has 0 bridgehead atoms. The summed E-state index contributed by atoms with van der Waals surface area (Å²) in [4.78, 5) is 16.2. The summed E-state index contributed by atoms with van der Waals surface area (Å²) in [6.07, 6.45) is 0. The Kier molecular flexibility index (Phi) is 4.93. The van der Waals surface area contributed by atoms with Gasteiger partial charge in [0, 0.05) is 32.2 Å². The maximum Gasteiger partial charge on any atom is 0.241 e. The van der Waals surface area contributed by atoms with Crippen molar-refractivity contribution in [2.45, 2.75) is 11.8 Å². The highest BCUT2D eigenvalue weighted by atomic mass is 32.2. The maximum atomic E-state index is 12.3. The standard InChI is InChI=1S/C15H21N3O5S/c1-2-17-5-7-18(8-6-17)15(19)10-16-24(20,21)12-3-4-13-14(9-12)23-11-22-13/h3-4,9,16H,2,5-8,10-11H2,1H3. The smallest absolute Gasteiger partial charge is 0.241 e. The molecule has 132 valence electrons. The van der Waals surface area contributed by atoms with Crippen LogP contribution in [0.3, 0.4) is 0 Å². The van der Waals surface area contributed by atoms with Crippen LogP contribution in [-0.2, 0) is 14.8 Å².